The standard InChI is InChI=1S/C22H27F3N2O5/c23-22(24,25)17-4-3-5-18(16-17)27-20-7-2-1-6-19(20)21(28)32-15-14-31-13-12-30-11-10-29-9-8-26/h1-7,16,27H,8-15,26H2. The predicted molar refractivity (Wildman–Crippen MR) is 113 cm³/mol. The van der Waals surface area contributed by atoms with Crippen molar-refractivity contribution in [2.24, 2.45) is 5.73 Å². The number of alkyl halides is 3. The maximum absolute atomic E-state index is 12.9. The third-order valence-corrected chi connectivity index (χ3v) is 4.08. The van der Waals surface area contributed by atoms with Crippen LogP contribution in [0.2, 0.25) is 0 Å². The molecule has 0 saturated carbocycles. The van der Waals surface area contributed by atoms with Crippen LogP contribution in [0.1, 0.15) is 15.9 Å². The lowest BCUT2D eigenvalue weighted by Gasteiger charge is -2.13. The Kier molecular flexibility index (Phi) is 10.9. The first-order chi connectivity index (χ1) is 15.4. The van der Waals surface area contributed by atoms with Gasteiger partial charge in [0, 0.05) is 12.2 Å². The van der Waals surface area contributed by atoms with Gasteiger partial charge in [-0.25, -0.2) is 4.79 Å². The Hall–Kier alpha value is -2.66. The van der Waals surface area contributed by atoms with E-state index in [9.17, 15) is 18.0 Å². The fourth-order valence-corrected chi connectivity index (χ4v) is 2.60. The number of carbonyl (C=O) groups excluding carboxylic acids is 1. The summed E-state index contributed by atoms with van der Waals surface area (Å²) in [6.07, 6.45) is -4.46. The molecule has 0 bridgehead atoms. The number of carbonyl (C=O) groups is 1. The lowest BCUT2D eigenvalue weighted by molar-refractivity contribution is -0.137. The molecular formula is C22H27F3N2O5. The minimum atomic E-state index is -4.46. The Balaban J connectivity index is 1.76. The zero-order chi connectivity index (χ0) is 23.2. The SMILES string of the molecule is NCCOCCOCCOCCOC(=O)c1ccccc1Nc1cccc(C(F)(F)F)c1. The first kappa shape index (κ1) is 25.6. The molecule has 2 aromatic rings. The Labute approximate surface area is 184 Å². The molecule has 0 saturated heterocycles. The third kappa shape index (κ3) is 9.23. The van der Waals surface area contributed by atoms with Crippen LogP contribution in [-0.4, -0.2) is 58.8 Å². The van der Waals surface area contributed by atoms with E-state index in [4.69, 9.17) is 24.7 Å². The quantitative estimate of drug-likeness (QED) is 0.331. The van der Waals surface area contributed by atoms with Crippen molar-refractivity contribution in [2.45, 2.75) is 6.18 Å². The molecule has 7 nitrogen and oxygen atoms in total. The molecule has 32 heavy (non-hydrogen) atoms. The van der Waals surface area contributed by atoms with Gasteiger partial charge in [0.2, 0.25) is 0 Å². The fourth-order valence-electron chi connectivity index (χ4n) is 2.60. The zero-order valence-electron chi connectivity index (χ0n) is 17.5. The number of esters is 1. The number of hydrogen-bond acceptors (Lipinski definition) is 7. The summed E-state index contributed by atoms with van der Waals surface area (Å²) in [4.78, 5) is 12.4. The van der Waals surface area contributed by atoms with E-state index in [1.165, 1.54) is 18.2 Å². The van der Waals surface area contributed by atoms with Gasteiger partial charge in [-0.05, 0) is 30.3 Å². The van der Waals surface area contributed by atoms with E-state index in [1.807, 2.05) is 0 Å². The van der Waals surface area contributed by atoms with Crippen LogP contribution in [0.15, 0.2) is 48.5 Å². The summed E-state index contributed by atoms with van der Waals surface area (Å²) < 4.78 is 59.7. The van der Waals surface area contributed by atoms with Crippen LogP contribution in [0.4, 0.5) is 24.5 Å². The molecule has 0 atom stereocenters. The van der Waals surface area contributed by atoms with Gasteiger partial charge in [-0.3, -0.25) is 0 Å². The van der Waals surface area contributed by atoms with Crippen molar-refractivity contribution in [3.05, 3.63) is 59.7 Å². The van der Waals surface area contributed by atoms with Crippen LogP contribution in [-0.2, 0) is 25.1 Å². The number of nitrogens with one attached hydrogen (secondary N) is 1. The average Bonchev–Trinajstić information content (AvgIpc) is 2.77. The molecule has 0 amide bonds. The highest BCUT2D eigenvalue weighted by molar-refractivity contribution is 5.96. The number of benzene rings is 2. The highest BCUT2D eigenvalue weighted by Crippen LogP contribution is 2.31. The number of anilines is 2. The summed E-state index contributed by atoms with van der Waals surface area (Å²) in [5, 5.41) is 2.84. The zero-order valence-corrected chi connectivity index (χ0v) is 17.5. The van der Waals surface area contributed by atoms with Crippen LogP contribution < -0.4 is 11.1 Å². The van der Waals surface area contributed by atoms with Gasteiger partial charge in [-0.15, -0.1) is 0 Å². The second-order valence-corrected chi connectivity index (χ2v) is 6.51. The van der Waals surface area contributed by atoms with Gasteiger partial charge < -0.3 is 30.0 Å². The Bertz CT molecular complexity index is 833. The van der Waals surface area contributed by atoms with Crippen molar-refractivity contribution >= 4 is 17.3 Å². The molecule has 0 unspecified atom stereocenters. The molecule has 0 radical (unpaired) electrons. The minimum absolute atomic E-state index is 0.0241. The molecule has 0 aliphatic rings. The van der Waals surface area contributed by atoms with Crippen LogP contribution in [0.25, 0.3) is 0 Å². The molecule has 10 heteroatoms. The minimum Gasteiger partial charge on any atom is -0.460 e. The number of halogens is 3. The van der Waals surface area contributed by atoms with Crippen LogP contribution in [0.5, 0.6) is 0 Å². The van der Waals surface area contributed by atoms with E-state index < -0.39 is 17.7 Å². The van der Waals surface area contributed by atoms with E-state index in [-0.39, 0.29) is 24.5 Å². The maximum Gasteiger partial charge on any atom is 0.416 e. The summed E-state index contributed by atoms with van der Waals surface area (Å²) >= 11 is 0. The molecule has 2 rings (SSSR count). The lowest BCUT2D eigenvalue weighted by Crippen LogP contribution is -2.15. The van der Waals surface area contributed by atoms with Crippen molar-refractivity contribution in [1.29, 1.82) is 0 Å². The van der Waals surface area contributed by atoms with Gasteiger partial charge in [-0.2, -0.15) is 13.2 Å². The van der Waals surface area contributed by atoms with Crippen molar-refractivity contribution in [3.8, 4) is 0 Å². The summed E-state index contributed by atoms with van der Waals surface area (Å²) in [5.41, 5.74) is 5.25. The van der Waals surface area contributed by atoms with Gasteiger partial charge in [0.25, 0.3) is 0 Å². The van der Waals surface area contributed by atoms with Crippen LogP contribution in [0, 0.1) is 0 Å². The van der Waals surface area contributed by atoms with Crippen molar-refractivity contribution in [2.75, 3.05) is 58.1 Å². The predicted octanol–water partition coefficient (Wildman–Crippen LogP) is 3.61. The third-order valence-electron chi connectivity index (χ3n) is 4.08. The number of para-hydroxylation sites is 1. The molecule has 3 N–H and O–H groups in total. The van der Waals surface area contributed by atoms with Gasteiger partial charge in [0.15, 0.2) is 0 Å². The molecule has 0 aliphatic heterocycles. The van der Waals surface area contributed by atoms with Crippen molar-refractivity contribution in [1.82, 2.24) is 0 Å². The summed E-state index contributed by atoms with van der Waals surface area (Å²) in [7, 11) is 0. The first-order valence-corrected chi connectivity index (χ1v) is 10.1. The van der Waals surface area contributed by atoms with E-state index in [2.05, 4.69) is 5.32 Å². The molecular weight excluding hydrogens is 429 g/mol. The number of nitrogens with two attached hydrogens (primary N) is 1. The highest BCUT2D eigenvalue weighted by atomic mass is 19.4. The van der Waals surface area contributed by atoms with Gasteiger partial charge in [-0.1, -0.05) is 18.2 Å². The molecule has 0 spiro atoms. The number of rotatable bonds is 14. The largest absolute Gasteiger partial charge is 0.460 e. The number of hydrogen-bond donors (Lipinski definition) is 2. The van der Waals surface area contributed by atoms with Gasteiger partial charge in [0.05, 0.1) is 56.5 Å². The molecule has 0 aliphatic carbocycles. The van der Waals surface area contributed by atoms with E-state index in [1.54, 1.807) is 18.2 Å². The summed E-state index contributed by atoms with van der Waals surface area (Å²) in [5.74, 6) is -0.614. The average molecular weight is 456 g/mol. The Morgan fingerprint density at radius 2 is 1.47 bits per heavy atom. The van der Waals surface area contributed by atoms with E-state index in [0.717, 1.165) is 12.1 Å². The summed E-state index contributed by atoms with van der Waals surface area (Å²) in [6, 6.07) is 11.1. The normalized spacial score (nSPS) is 11.4. The van der Waals surface area contributed by atoms with Crippen molar-refractivity contribution in [3.63, 3.8) is 0 Å². The van der Waals surface area contributed by atoms with E-state index >= 15 is 0 Å². The molecule has 0 heterocycles. The smallest absolute Gasteiger partial charge is 0.416 e. The molecule has 176 valence electrons. The number of ether oxygens (including phenoxy) is 4. The van der Waals surface area contributed by atoms with Crippen molar-refractivity contribution < 1.29 is 36.9 Å². The second-order valence-electron chi connectivity index (χ2n) is 6.51. The van der Waals surface area contributed by atoms with E-state index in [0.29, 0.717) is 45.3 Å². The van der Waals surface area contributed by atoms with Crippen LogP contribution >= 0.6 is 0 Å². The fraction of sp³-hybridized carbons (Fsp3) is 0.409. The topological polar surface area (TPSA) is 92.0 Å². The maximum atomic E-state index is 12.9. The van der Waals surface area contributed by atoms with Gasteiger partial charge in [0.1, 0.15) is 6.61 Å². The molecule has 0 aromatic heterocycles. The Morgan fingerprint density at radius 1 is 0.844 bits per heavy atom. The first-order valence-electron chi connectivity index (χ1n) is 10.1. The monoisotopic (exact) mass is 456 g/mol. The highest BCUT2D eigenvalue weighted by Gasteiger charge is 2.30. The second kappa shape index (κ2) is 13.7. The lowest BCUT2D eigenvalue weighted by atomic mass is 10.1. The van der Waals surface area contributed by atoms with Gasteiger partial charge >= 0.3 is 12.1 Å². The molecule has 2 aromatic carbocycles. The van der Waals surface area contributed by atoms with Crippen LogP contribution in [0.3, 0.4) is 0 Å². The molecule has 0 fully saturated rings. The summed E-state index contributed by atoms with van der Waals surface area (Å²) in [6.45, 7) is 2.78. The Morgan fingerprint density at radius 3 is 2.12 bits per heavy atom.